The topological polar surface area (TPSA) is 26.0 Å². The van der Waals surface area contributed by atoms with E-state index in [1.165, 1.54) is 5.56 Å². The minimum Gasteiger partial charge on any atom is -0.398 e. The van der Waals surface area contributed by atoms with E-state index in [1.54, 1.807) is 11.3 Å². The fraction of sp³-hybridized carbons (Fsp3) is 0.111. The number of halogens is 2. The summed E-state index contributed by atoms with van der Waals surface area (Å²) < 4.78 is 1.94. The first-order valence-electron chi connectivity index (χ1n) is 3.74. The van der Waals surface area contributed by atoms with Gasteiger partial charge >= 0.3 is 0 Å². The number of thiophene rings is 1. The van der Waals surface area contributed by atoms with E-state index in [0.717, 1.165) is 25.4 Å². The molecule has 0 spiro atoms. The van der Waals surface area contributed by atoms with Crippen molar-refractivity contribution in [2.45, 2.75) is 5.33 Å². The molecule has 1 aromatic heterocycles. The maximum Gasteiger partial charge on any atom is 0.0941 e. The van der Waals surface area contributed by atoms with Gasteiger partial charge in [0.25, 0.3) is 0 Å². The molecule has 13 heavy (non-hydrogen) atoms. The maximum absolute atomic E-state index is 5.90. The van der Waals surface area contributed by atoms with E-state index in [2.05, 4.69) is 22.0 Å². The van der Waals surface area contributed by atoms with Crippen LogP contribution in [0.2, 0.25) is 4.34 Å². The molecule has 0 aliphatic carbocycles. The molecule has 0 aliphatic rings. The number of rotatable bonds is 1. The monoisotopic (exact) mass is 275 g/mol. The minimum atomic E-state index is 0.786. The van der Waals surface area contributed by atoms with Gasteiger partial charge in [0.05, 0.1) is 4.34 Å². The predicted octanol–water partition coefficient (Wildman–Crippen LogP) is 4.03. The molecule has 68 valence electrons. The standard InChI is InChI=1S/C9H7BrClNS/c10-4-5-1-7(12)6-3-9(11)13-8(6)2-5/h1-3H,4,12H2. The molecule has 4 heteroatoms. The summed E-state index contributed by atoms with van der Waals surface area (Å²) in [4.78, 5) is 0. The summed E-state index contributed by atoms with van der Waals surface area (Å²) in [6.07, 6.45) is 0. The first-order valence-corrected chi connectivity index (χ1v) is 6.05. The lowest BCUT2D eigenvalue weighted by Crippen LogP contribution is -1.87. The zero-order valence-corrected chi connectivity index (χ0v) is 9.84. The molecule has 2 N–H and O–H groups in total. The lowest BCUT2D eigenvalue weighted by molar-refractivity contribution is 1.47. The number of nitrogens with two attached hydrogens (primary N) is 1. The highest BCUT2D eigenvalue weighted by Gasteiger charge is 2.04. The van der Waals surface area contributed by atoms with Crippen LogP contribution in [0.15, 0.2) is 18.2 Å². The van der Waals surface area contributed by atoms with Crippen LogP contribution in [0.25, 0.3) is 10.1 Å². The van der Waals surface area contributed by atoms with Crippen LogP contribution in [0.1, 0.15) is 5.56 Å². The Morgan fingerprint density at radius 3 is 2.85 bits per heavy atom. The molecule has 1 nitrogen and oxygen atoms in total. The summed E-state index contributed by atoms with van der Waals surface area (Å²) in [5.41, 5.74) is 7.86. The second-order valence-corrected chi connectivity index (χ2v) is 5.06. The van der Waals surface area contributed by atoms with Crippen LogP contribution in [0, 0.1) is 0 Å². The lowest BCUT2D eigenvalue weighted by atomic mass is 10.1. The van der Waals surface area contributed by atoms with E-state index < -0.39 is 0 Å². The second kappa shape index (κ2) is 3.48. The predicted molar refractivity (Wildman–Crippen MR) is 63.9 cm³/mol. The molecule has 2 aromatic rings. The Labute approximate surface area is 93.6 Å². The van der Waals surface area contributed by atoms with Gasteiger partial charge in [0.15, 0.2) is 0 Å². The summed E-state index contributed by atoms with van der Waals surface area (Å²) in [7, 11) is 0. The van der Waals surface area contributed by atoms with Gasteiger partial charge in [-0.05, 0) is 23.8 Å². The van der Waals surface area contributed by atoms with Crippen LogP contribution in [0.3, 0.4) is 0 Å². The van der Waals surface area contributed by atoms with Crippen LogP contribution in [0.5, 0.6) is 0 Å². The molecule has 0 saturated heterocycles. The molecule has 1 aromatic carbocycles. The first-order chi connectivity index (χ1) is 6.20. The van der Waals surface area contributed by atoms with Gasteiger partial charge in [-0.15, -0.1) is 11.3 Å². The Bertz CT molecular complexity index is 452. The van der Waals surface area contributed by atoms with Crippen molar-refractivity contribution in [3.8, 4) is 0 Å². The summed E-state index contributed by atoms with van der Waals surface area (Å²) in [5, 5.41) is 1.88. The number of nitrogen functional groups attached to an aromatic ring is 1. The molecule has 0 atom stereocenters. The highest BCUT2D eigenvalue weighted by molar-refractivity contribution is 9.08. The highest BCUT2D eigenvalue weighted by Crippen LogP contribution is 2.34. The van der Waals surface area contributed by atoms with E-state index >= 15 is 0 Å². The molecular formula is C9H7BrClNS. The van der Waals surface area contributed by atoms with E-state index in [4.69, 9.17) is 17.3 Å². The quantitative estimate of drug-likeness (QED) is 0.617. The number of hydrogen-bond acceptors (Lipinski definition) is 2. The van der Waals surface area contributed by atoms with Gasteiger partial charge < -0.3 is 5.73 Å². The van der Waals surface area contributed by atoms with Crippen LogP contribution < -0.4 is 5.73 Å². The highest BCUT2D eigenvalue weighted by atomic mass is 79.9. The number of fused-ring (bicyclic) bond motifs is 1. The first kappa shape index (κ1) is 9.31. The number of hydrogen-bond donors (Lipinski definition) is 1. The zero-order valence-electron chi connectivity index (χ0n) is 6.68. The third-order valence-electron chi connectivity index (χ3n) is 1.85. The smallest absolute Gasteiger partial charge is 0.0941 e. The van der Waals surface area contributed by atoms with Crippen LogP contribution in [0.4, 0.5) is 5.69 Å². The summed E-state index contributed by atoms with van der Waals surface area (Å²) in [5.74, 6) is 0. The molecule has 0 unspecified atom stereocenters. The van der Waals surface area contributed by atoms with Crippen molar-refractivity contribution in [2.75, 3.05) is 5.73 Å². The van der Waals surface area contributed by atoms with E-state index in [1.807, 2.05) is 12.1 Å². The number of anilines is 1. The van der Waals surface area contributed by atoms with Gasteiger partial charge in [-0.2, -0.15) is 0 Å². The van der Waals surface area contributed by atoms with Crippen LogP contribution in [-0.2, 0) is 5.33 Å². The Morgan fingerprint density at radius 2 is 2.15 bits per heavy atom. The van der Waals surface area contributed by atoms with Crippen LogP contribution >= 0.6 is 38.9 Å². The van der Waals surface area contributed by atoms with Gasteiger partial charge in [-0.1, -0.05) is 27.5 Å². The molecule has 2 rings (SSSR count). The van der Waals surface area contributed by atoms with Gasteiger partial charge in [0.1, 0.15) is 0 Å². The molecule has 0 bridgehead atoms. The van der Waals surface area contributed by atoms with Crippen LogP contribution in [-0.4, -0.2) is 0 Å². The normalized spacial score (nSPS) is 10.9. The molecule has 0 radical (unpaired) electrons. The third-order valence-corrected chi connectivity index (χ3v) is 3.71. The van der Waals surface area contributed by atoms with E-state index in [0.29, 0.717) is 0 Å². The van der Waals surface area contributed by atoms with Gasteiger partial charge in [-0.25, -0.2) is 0 Å². The Balaban J connectivity index is 2.75. The maximum atomic E-state index is 5.90. The van der Waals surface area contributed by atoms with Crippen molar-refractivity contribution in [1.82, 2.24) is 0 Å². The minimum absolute atomic E-state index is 0.786. The average molecular weight is 277 g/mol. The molecule has 0 aliphatic heterocycles. The Kier molecular flexibility index (Phi) is 2.49. The Hall–Kier alpha value is -0.250. The van der Waals surface area contributed by atoms with Gasteiger partial charge in [0, 0.05) is 21.1 Å². The van der Waals surface area contributed by atoms with Crippen molar-refractivity contribution in [3.63, 3.8) is 0 Å². The third kappa shape index (κ3) is 1.68. The molecule has 0 fully saturated rings. The summed E-state index contributed by atoms with van der Waals surface area (Å²) in [6, 6.07) is 5.99. The van der Waals surface area contributed by atoms with E-state index in [9.17, 15) is 0 Å². The fourth-order valence-corrected chi connectivity index (χ4v) is 2.84. The zero-order chi connectivity index (χ0) is 9.42. The van der Waals surface area contributed by atoms with Gasteiger partial charge in [0.2, 0.25) is 0 Å². The molecular weight excluding hydrogens is 270 g/mol. The number of benzene rings is 1. The van der Waals surface area contributed by atoms with Crippen molar-refractivity contribution in [3.05, 3.63) is 28.1 Å². The van der Waals surface area contributed by atoms with Crippen molar-refractivity contribution >= 4 is 54.6 Å². The number of alkyl halides is 1. The average Bonchev–Trinajstić information content (AvgIpc) is 2.46. The van der Waals surface area contributed by atoms with Crippen molar-refractivity contribution in [2.24, 2.45) is 0 Å². The molecule has 0 saturated carbocycles. The van der Waals surface area contributed by atoms with Crippen molar-refractivity contribution in [1.29, 1.82) is 0 Å². The van der Waals surface area contributed by atoms with E-state index in [-0.39, 0.29) is 0 Å². The summed E-state index contributed by atoms with van der Waals surface area (Å²) >= 11 is 10.9. The molecule has 0 amide bonds. The summed E-state index contributed by atoms with van der Waals surface area (Å²) in [6.45, 7) is 0. The Morgan fingerprint density at radius 1 is 1.38 bits per heavy atom. The lowest BCUT2D eigenvalue weighted by Gasteiger charge is -1.99. The molecule has 1 heterocycles. The van der Waals surface area contributed by atoms with Crippen molar-refractivity contribution < 1.29 is 0 Å². The SMILES string of the molecule is Nc1cc(CBr)cc2sc(Cl)cc12. The van der Waals surface area contributed by atoms with Gasteiger partial charge in [-0.3, -0.25) is 0 Å². The largest absolute Gasteiger partial charge is 0.398 e. The second-order valence-electron chi connectivity index (χ2n) is 2.78. The fourth-order valence-electron chi connectivity index (χ4n) is 1.27.